The molecular formula is C22H26N2O3S. The Hall–Kier alpha value is -2.34. The van der Waals surface area contributed by atoms with Gasteiger partial charge in [0.2, 0.25) is 5.91 Å². The van der Waals surface area contributed by atoms with Gasteiger partial charge in [-0.15, -0.1) is 0 Å². The Morgan fingerprint density at radius 3 is 2.50 bits per heavy atom. The highest BCUT2D eigenvalue weighted by Gasteiger charge is 2.40. The number of nitrogens with one attached hydrogen (secondary N) is 1. The second kappa shape index (κ2) is 7.59. The van der Waals surface area contributed by atoms with Crippen molar-refractivity contribution in [3.63, 3.8) is 0 Å². The van der Waals surface area contributed by atoms with Gasteiger partial charge in [-0.25, -0.2) is 8.42 Å². The minimum Gasteiger partial charge on any atom is -0.352 e. The Labute approximate surface area is 166 Å². The third-order valence-electron chi connectivity index (χ3n) is 5.99. The summed E-state index contributed by atoms with van der Waals surface area (Å²) in [5, 5.41) is 3.10. The summed E-state index contributed by atoms with van der Waals surface area (Å²) in [6, 6.07) is 15.7. The van der Waals surface area contributed by atoms with E-state index in [1.54, 1.807) is 42.5 Å². The van der Waals surface area contributed by atoms with E-state index in [1.807, 2.05) is 19.1 Å². The summed E-state index contributed by atoms with van der Waals surface area (Å²) in [6.45, 7) is 1.70. The molecule has 1 amide bonds. The van der Waals surface area contributed by atoms with Crippen LogP contribution < -0.4 is 9.62 Å². The van der Waals surface area contributed by atoms with E-state index in [4.69, 9.17) is 0 Å². The summed E-state index contributed by atoms with van der Waals surface area (Å²) in [7, 11) is -3.84. The lowest BCUT2D eigenvalue weighted by molar-refractivity contribution is -0.120. The predicted molar refractivity (Wildman–Crippen MR) is 110 cm³/mol. The smallest absolute Gasteiger partial charge is 0.264 e. The molecule has 2 aliphatic rings. The number of hydrogen-bond acceptors (Lipinski definition) is 3. The summed E-state index contributed by atoms with van der Waals surface area (Å²) in [4.78, 5) is 13.0. The van der Waals surface area contributed by atoms with E-state index in [9.17, 15) is 13.2 Å². The predicted octanol–water partition coefficient (Wildman–Crippen LogP) is 3.50. The van der Waals surface area contributed by atoms with Gasteiger partial charge in [-0.1, -0.05) is 36.8 Å². The molecule has 3 atom stereocenters. The number of benzene rings is 2. The topological polar surface area (TPSA) is 66.5 Å². The number of fused-ring (bicyclic) bond motifs is 2. The van der Waals surface area contributed by atoms with Crippen molar-refractivity contribution in [3.8, 4) is 0 Å². The van der Waals surface area contributed by atoms with Crippen molar-refractivity contribution in [1.82, 2.24) is 5.32 Å². The number of carbonyl (C=O) groups is 1. The van der Waals surface area contributed by atoms with E-state index in [0.29, 0.717) is 11.6 Å². The van der Waals surface area contributed by atoms with Crippen LogP contribution in [0.15, 0.2) is 59.5 Å². The van der Waals surface area contributed by atoms with E-state index < -0.39 is 10.0 Å². The second-order valence-corrected chi connectivity index (χ2v) is 9.87. The van der Waals surface area contributed by atoms with Gasteiger partial charge in [-0.3, -0.25) is 9.10 Å². The molecule has 0 aliphatic heterocycles. The van der Waals surface area contributed by atoms with Crippen molar-refractivity contribution in [2.45, 2.75) is 43.5 Å². The van der Waals surface area contributed by atoms with Crippen molar-refractivity contribution in [3.05, 3.63) is 60.2 Å². The molecule has 148 valence electrons. The zero-order valence-electron chi connectivity index (χ0n) is 16.0. The minimum absolute atomic E-state index is 0.184. The standard InChI is InChI=1S/C22H26N2O3S/c1-16-6-5-7-19(12-16)24(28(26,27)20-8-3-2-4-9-20)15-22(25)23-21-14-17-10-11-18(21)13-17/h2-9,12,17-18,21H,10-11,13-15H2,1H3,(H,23,25)/t17-,18-,21-/m1/s1. The molecule has 2 aromatic rings. The van der Waals surface area contributed by atoms with Crippen LogP contribution in [-0.4, -0.2) is 26.9 Å². The average Bonchev–Trinajstić information content (AvgIpc) is 3.30. The third kappa shape index (κ3) is 3.78. The van der Waals surface area contributed by atoms with Crippen LogP contribution in [0.3, 0.4) is 0 Å². The molecule has 2 saturated carbocycles. The van der Waals surface area contributed by atoms with Gasteiger partial charge in [0, 0.05) is 6.04 Å². The largest absolute Gasteiger partial charge is 0.352 e. The van der Waals surface area contributed by atoms with Crippen molar-refractivity contribution in [1.29, 1.82) is 0 Å². The SMILES string of the molecule is Cc1cccc(N(CC(=O)N[C@@H]2C[C@@H]3CC[C@@H]2C3)S(=O)(=O)c2ccccc2)c1. The quantitative estimate of drug-likeness (QED) is 0.810. The number of hydrogen-bond donors (Lipinski definition) is 1. The first-order chi connectivity index (χ1) is 13.4. The molecule has 6 heteroatoms. The van der Waals surface area contributed by atoms with Crippen molar-refractivity contribution < 1.29 is 13.2 Å². The fraction of sp³-hybridized carbons (Fsp3) is 0.409. The van der Waals surface area contributed by atoms with E-state index in [-0.39, 0.29) is 23.4 Å². The zero-order chi connectivity index (χ0) is 19.7. The van der Waals surface area contributed by atoms with Gasteiger partial charge in [-0.2, -0.15) is 0 Å². The molecule has 5 nitrogen and oxygen atoms in total. The molecule has 1 N–H and O–H groups in total. The van der Waals surface area contributed by atoms with Crippen LogP contribution in [0, 0.1) is 18.8 Å². The van der Waals surface area contributed by atoms with Gasteiger partial charge in [0.15, 0.2) is 0 Å². The second-order valence-electron chi connectivity index (χ2n) is 8.01. The lowest BCUT2D eigenvalue weighted by atomic mass is 9.95. The lowest BCUT2D eigenvalue weighted by Crippen LogP contribution is -2.46. The Balaban J connectivity index is 1.59. The molecule has 2 aliphatic carbocycles. The molecule has 4 rings (SSSR count). The number of amides is 1. The number of anilines is 1. The fourth-order valence-electron chi connectivity index (χ4n) is 4.62. The molecule has 0 saturated heterocycles. The van der Waals surface area contributed by atoms with E-state index in [2.05, 4.69) is 5.32 Å². The number of sulfonamides is 1. The number of rotatable bonds is 6. The van der Waals surface area contributed by atoms with Gasteiger partial charge in [0.25, 0.3) is 10.0 Å². The summed E-state index contributed by atoms with van der Waals surface area (Å²) in [6.07, 6.45) is 4.63. The van der Waals surface area contributed by atoms with Crippen molar-refractivity contribution in [2.24, 2.45) is 11.8 Å². The van der Waals surface area contributed by atoms with Crippen LogP contribution in [-0.2, 0) is 14.8 Å². The Bertz CT molecular complexity index is 959. The maximum atomic E-state index is 13.3. The maximum absolute atomic E-state index is 13.3. The Kier molecular flexibility index (Phi) is 5.15. The highest BCUT2D eigenvalue weighted by atomic mass is 32.2. The minimum atomic E-state index is -3.84. The molecule has 2 aromatic carbocycles. The average molecular weight is 399 g/mol. The van der Waals surface area contributed by atoms with Gasteiger partial charge >= 0.3 is 0 Å². The van der Waals surface area contributed by atoms with E-state index in [1.165, 1.54) is 23.6 Å². The van der Waals surface area contributed by atoms with Gasteiger partial charge in [0.05, 0.1) is 10.6 Å². The van der Waals surface area contributed by atoms with Gasteiger partial charge in [-0.05, 0) is 67.9 Å². The molecule has 0 aromatic heterocycles. The van der Waals surface area contributed by atoms with Crippen LogP contribution in [0.4, 0.5) is 5.69 Å². The van der Waals surface area contributed by atoms with Gasteiger partial charge in [0.1, 0.15) is 6.54 Å². The fourth-order valence-corrected chi connectivity index (χ4v) is 6.06. The Morgan fingerprint density at radius 2 is 1.86 bits per heavy atom. The highest BCUT2D eigenvalue weighted by Crippen LogP contribution is 2.44. The molecule has 0 spiro atoms. The molecule has 2 bridgehead atoms. The molecule has 0 unspecified atom stereocenters. The van der Waals surface area contributed by atoms with E-state index in [0.717, 1.165) is 17.9 Å². The maximum Gasteiger partial charge on any atom is 0.264 e. The molecule has 2 fully saturated rings. The molecule has 28 heavy (non-hydrogen) atoms. The molecule has 0 radical (unpaired) electrons. The molecular weight excluding hydrogens is 372 g/mol. The molecule has 0 heterocycles. The van der Waals surface area contributed by atoms with Gasteiger partial charge < -0.3 is 5.32 Å². The van der Waals surface area contributed by atoms with Crippen LogP contribution >= 0.6 is 0 Å². The third-order valence-corrected chi connectivity index (χ3v) is 7.78. The Morgan fingerprint density at radius 1 is 1.07 bits per heavy atom. The summed E-state index contributed by atoms with van der Waals surface area (Å²) in [5.74, 6) is 1.03. The monoisotopic (exact) mass is 398 g/mol. The van der Waals surface area contributed by atoms with Crippen LogP contribution in [0.5, 0.6) is 0 Å². The van der Waals surface area contributed by atoms with Crippen molar-refractivity contribution >= 4 is 21.6 Å². The first-order valence-corrected chi connectivity index (χ1v) is 11.3. The zero-order valence-corrected chi connectivity index (χ0v) is 16.9. The summed E-state index contributed by atoms with van der Waals surface area (Å²) < 4.78 is 27.8. The first kappa shape index (κ1) is 19.0. The van der Waals surface area contributed by atoms with Crippen LogP contribution in [0.2, 0.25) is 0 Å². The van der Waals surface area contributed by atoms with Crippen LogP contribution in [0.25, 0.3) is 0 Å². The summed E-state index contributed by atoms with van der Waals surface area (Å²) in [5.41, 5.74) is 1.45. The first-order valence-electron chi connectivity index (χ1n) is 9.87. The number of carbonyl (C=O) groups excluding carboxylic acids is 1. The van der Waals surface area contributed by atoms with Crippen molar-refractivity contribution in [2.75, 3.05) is 10.8 Å². The highest BCUT2D eigenvalue weighted by molar-refractivity contribution is 7.92. The lowest BCUT2D eigenvalue weighted by Gasteiger charge is -2.27. The number of aryl methyl sites for hydroxylation is 1. The van der Waals surface area contributed by atoms with Crippen LogP contribution in [0.1, 0.15) is 31.2 Å². The van der Waals surface area contributed by atoms with E-state index >= 15 is 0 Å². The number of nitrogens with zero attached hydrogens (tertiary/aromatic N) is 1. The normalized spacial score (nSPS) is 23.5. The summed E-state index contributed by atoms with van der Waals surface area (Å²) >= 11 is 0.